The molecule has 2 aliphatic carbocycles. The van der Waals surface area contributed by atoms with Gasteiger partial charge in [-0.25, -0.2) is 4.98 Å². The van der Waals surface area contributed by atoms with Gasteiger partial charge in [-0.3, -0.25) is 4.79 Å². The number of amides is 1. The van der Waals surface area contributed by atoms with Crippen molar-refractivity contribution in [2.24, 2.45) is 11.8 Å². The van der Waals surface area contributed by atoms with Crippen molar-refractivity contribution >= 4 is 5.91 Å². The summed E-state index contributed by atoms with van der Waals surface area (Å²) < 4.78 is 0. The van der Waals surface area contributed by atoms with Crippen molar-refractivity contribution in [2.45, 2.75) is 57.4 Å². The maximum atomic E-state index is 12.2. The van der Waals surface area contributed by atoms with Crippen molar-refractivity contribution in [2.75, 3.05) is 0 Å². The Labute approximate surface area is 114 Å². The zero-order chi connectivity index (χ0) is 13.2. The van der Waals surface area contributed by atoms with E-state index in [2.05, 4.69) is 22.2 Å². The van der Waals surface area contributed by atoms with Crippen molar-refractivity contribution in [3.8, 4) is 0 Å². The molecule has 1 amide bonds. The van der Waals surface area contributed by atoms with Crippen LogP contribution in [0.15, 0.2) is 12.5 Å². The smallest absolute Gasteiger partial charge is 0.224 e. The summed E-state index contributed by atoms with van der Waals surface area (Å²) in [7, 11) is 0. The lowest BCUT2D eigenvalue weighted by Crippen LogP contribution is -2.39. The fraction of sp³-hybridized carbons (Fsp3) is 0.733. The Balaban J connectivity index is 1.49. The third-order valence-electron chi connectivity index (χ3n) is 4.77. The molecule has 0 bridgehead atoms. The largest absolute Gasteiger partial charge is 0.353 e. The summed E-state index contributed by atoms with van der Waals surface area (Å²) >= 11 is 0. The normalized spacial score (nSPS) is 28.9. The number of nitrogens with zero attached hydrogens (tertiary/aromatic N) is 1. The first-order chi connectivity index (χ1) is 9.25. The molecule has 0 unspecified atom stereocenters. The van der Waals surface area contributed by atoms with Crippen molar-refractivity contribution in [3.63, 3.8) is 0 Å². The Bertz CT molecular complexity index is 423. The van der Waals surface area contributed by atoms with Gasteiger partial charge in [0.1, 0.15) is 0 Å². The second kappa shape index (κ2) is 5.35. The van der Waals surface area contributed by atoms with E-state index < -0.39 is 0 Å². The first kappa shape index (κ1) is 12.7. The monoisotopic (exact) mass is 261 g/mol. The number of carbonyl (C=O) groups is 1. The molecule has 0 aliphatic heterocycles. The van der Waals surface area contributed by atoms with E-state index >= 15 is 0 Å². The van der Waals surface area contributed by atoms with E-state index in [-0.39, 0.29) is 11.8 Å². The summed E-state index contributed by atoms with van der Waals surface area (Å²) in [5, 5.41) is 3.23. The summed E-state index contributed by atoms with van der Waals surface area (Å²) in [6.45, 7) is 2.17. The van der Waals surface area contributed by atoms with Crippen LogP contribution >= 0.6 is 0 Å². The fourth-order valence-electron chi connectivity index (χ4n) is 3.38. The van der Waals surface area contributed by atoms with E-state index in [1.807, 2.05) is 6.20 Å². The summed E-state index contributed by atoms with van der Waals surface area (Å²) in [4.78, 5) is 19.4. The summed E-state index contributed by atoms with van der Waals surface area (Å²) in [6, 6.07) is 0.329. The van der Waals surface area contributed by atoms with Gasteiger partial charge in [0.25, 0.3) is 0 Å². The minimum absolute atomic E-state index is 0.159. The SMILES string of the molecule is C[C@H](NC(=O)[C@H]1C[C@@H]1c1cnc[nH]1)C1CCCCC1. The lowest BCUT2D eigenvalue weighted by Gasteiger charge is -2.28. The van der Waals surface area contributed by atoms with E-state index in [0.717, 1.165) is 12.1 Å². The van der Waals surface area contributed by atoms with Gasteiger partial charge in [0, 0.05) is 29.8 Å². The van der Waals surface area contributed by atoms with Gasteiger partial charge in [-0.05, 0) is 32.1 Å². The van der Waals surface area contributed by atoms with Crippen LogP contribution in [0.5, 0.6) is 0 Å². The van der Waals surface area contributed by atoms with Gasteiger partial charge in [-0.1, -0.05) is 19.3 Å². The predicted octanol–water partition coefficient (Wildman–Crippen LogP) is 2.60. The van der Waals surface area contributed by atoms with Crippen molar-refractivity contribution < 1.29 is 4.79 Å². The molecule has 3 rings (SSSR count). The Hall–Kier alpha value is -1.32. The summed E-state index contributed by atoms with van der Waals surface area (Å²) in [5.74, 6) is 1.44. The molecule has 0 saturated heterocycles. The summed E-state index contributed by atoms with van der Waals surface area (Å²) in [6.07, 6.45) is 11.0. The molecule has 2 saturated carbocycles. The van der Waals surface area contributed by atoms with Crippen LogP contribution in [0.3, 0.4) is 0 Å². The van der Waals surface area contributed by atoms with Crippen LogP contribution in [0, 0.1) is 11.8 Å². The highest BCUT2D eigenvalue weighted by Gasteiger charge is 2.45. The highest BCUT2D eigenvalue weighted by atomic mass is 16.2. The zero-order valence-electron chi connectivity index (χ0n) is 11.6. The van der Waals surface area contributed by atoms with Crippen LogP contribution in [0.25, 0.3) is 0 Å². The van der Waals surface area contributed by atoms with Crippen LogP contribution in [-0.2, 0) is 4.79 Å². The molecule has 2 aliphatic rings. The highest BCUT2D eigenvalue weighted by Crippen LogP contribution is 2.46. The van der Waals surface area contributed by atoms with Gasteiger partial charge in [-0.2, -0.15) is 0 Å². The molecule has 3 atom stereocenters. The number of hydrogen-bond donors (Lipinski definition) is 2. The predicted molar refractivity (Wildman–Crippen MR) is 73.6 cm³/mol. The molecule has 2 N–H and O–H groups in total. The maximum absolute atomic E-state index is 12.2. The van der Waals surface area contributed by atoms with Crippen LogP contribution in [0.2, 0.25) is 0 Å². The minimum atomic E-state index is 0.159. The number of rotatable bonds is 4. The highest BCUT2D eigenvalue weighted by molar-refractivity contribution is 5.83. The topological polar surface area (TPSA) is 57.8 Å². The molecule has 19 heavy (non-hydrogen) atoms. The first-order valence-electron chi connectivity index (χ1n) is 7.54. The van der Waals surface area contributed by atoms with Crippen molar-refractivity contribution in [3.05, 3.63) is 18.2 Å². The van der Waals surface area contributed by atoms with Crippen molar-refractivity contribution in [1.29, 1.82) is 0 Å². The molecular formula is C15H23N3O. The molecule has 1 aromatic rings. The molecule has 2 fully saturated rings. The van der Waals surface area contributed by atoms with E-state index in [0.29, 0.717) is 17.9 Å². The van der Waals surface area contributed by atoms with Gasteiger partial charge >= 0.3 is 0 Å². The van der Waals surface area contributed by atoms with E-state index in [4.69, 9.17) is 0 Å². The molecule has 104 valence electrons. The van der Waals surface area contributed by atoms with E-state index in [9.17, 15) is 4.79 Å². The van der Waals surface area contributed by atoms with Crippen LogP contribution in [0.4, 0.5) is 0 Å². The number of aromatic amines is 1. The van der Waals surface area contributed by atoms with Gasteiger partial charge in [0.2, 0.25) is 5.91 Å². The van der Waals surface area contributed by atoms with Crippen LogP contribution in [0.1, 0.15) is 57.1 Å². The molecule has 0 aromatic carbocycles. The first-order valence-corrected chi connectivity index (χ1v) is 7.54. The minimum Gasteiger partial charge on any atom is -0.353 e. The Kier molecular flexibility index (Phi) is 3.58. The molecule has 1 heterocycles. The number of hydrogen-bond acceptors (Lipinski definition) is 2. The Morgan fingerprint density at radius 3 is 2.89 bits per heavy atom. The lowest BCUT2D eigenvalue weighted by molar-refractivity contribution is -0.123. The third-order valence-corrected chi connectivity index (χ3v) is 4.77. The summed E-state index contributed by atoms with van der Waals surface area (Å²) in [5.41, 5.74) is 1.10. The fourth-order valence-corrected chi connectivity index (χ4v) is 3.38. The van der Waals surface area contributed by atoms with Gasteiger partial charge in [0.15, 0.2) is 0 Å². The molecule has 0 spiro atoms. The quantitative estimate of drug-likeness (QED) is 0.875. The number of H-pyrrole nitrogens is 1. The molecule has 4 nitrogen and oxygen atoms in total. The molecule has 4 heteroatoms. The Morgan fingerprint density at radius 2 is 2.21 bits per heavy atom. The average molecular weight is 261 g/mol. The van der Waals surface area contributed by atoms with Gasteiger partial charge in [-0.15, -0.1) is 0 Å². The number of nitrogens with one attached hydrogen (secondary N) is 2. The molecule has 1 aromatic heterocycles. The average Bonchev–Trinajstić information content (AvgIpc) is 3.06. The third kappa shape index (κ3) is 2.82. The zero-order valence-corrected chi connectivity index (χ0v) is 11.6. The number of aromatic nitrogens is 2. The second-order valence-corrected chi connectivity index (χ2v) is 6.15. The van der Waals surface area contributed by atoms with Crippen LogP contribution < -0.4 is 5.32 Å². The van der Waals surface area contributed by atoms with E-state index in [1.54, 1.807) is 6.33 Å². The van der Waals surface area contributed by atoms with E-state index in [1.165, 1.54) is 32.1 Å². The lowest BCUT2D eigenvalue weighted by atomic mass is 9.84. The van der Waals surface area contributed by atoms with Gasteiger partial charge in [0.05, 0.1) is 6.33 Å². The van der Waals surface area contributed by atoms with Gasteiger partial charge < -0.3 is 10.3 Å². The maximum Gasteiger partial charge on any atom is 0.224 e. The number of carbonyl (C=O) groups excluding carboxylic acids is 1. The van der Waals surface area contributed by atoms with Crippen molar-refractivity contribution in [1.82, 2.24) is 15.3 Å². The Morgan fingerprint density at radius 1 is 1.42 bits per heavy atom. The number of imidazole rings is 1. The standard InChI is InChI=1S/C15H23N3O/c1-10(11-5-3-2-4-6-11)18-15(19)13-7-12(13)14-8-16-9-17-14/h8-13H,2-7H2,1H3,(H,16,17)(H,18,19)/t10-,12-,13-/m0/s1. The second-order valence-electron chi connectivity index (χ2n) is 6.15. The molecular weight excluding hydrogens is 238 g/mol. The van der Waals surface area contributed by atoms with Crippen LogP contribution in [-0.4, -0.2) is 21.9 Å². The molecule has 0 radical (unpaired) electrons.